The minimum atomic E-state index is 0.907. The van der Waals surface area contributed by atoms with E-state index in [4.69, 9.17) is 15.0 Å². The molecule has 0 aliphatic carbocycles. The molecule has 0 fully saturated rings. The van der Waals surface area contributed by atoms with Crippen LogP contribution in [-0.2, 0) is 0 Å². The van der Waals surface area contributed by atoms with Crippen LogP contribution in [0.4, 0.5) is 0 Å². The van der Waals surface area contributed by atoms with Crippen molar-refractivity contribution < 1.29 is 0 Å². The molecule has 372 valence electrons. The Morgan fingerprint density at radius 3 is 0.615 bits per heavy atom. The van der Waals surface area contributed by atoms with E-state index in [9.17, 15) is 0 Å². The summed E-state index contributed by atoms with van der Waals surface area (Å²) in [5, 5.41) is 0. The summed E-state index contributed by atoms with van der Waals surface area (Å²) >= 11 is 5.45. The molecule has 0 atom stereocenters. The van der Waals surface area contributed by atoms with Gasteiger partial charge in [-0.25, -0.2) is 15.0 Å². The molecule has 13 rings (SSSR count). The molecule has 6 aromatic heterocycles. The number of rotatable bonds is 12. The first-order valence-electron chi connectivity index (χ1n) is 26.2. The first-order chi connectivity index (χ1) is 38.3. The number of aromatic nitrogens is 3. The van der Waals surface area contributed by atoms with Gasteiger partial charge in [-0.05, 0) is 162 Å². The lowest BCUT2D eigenvalue weighted by atomic mass is 9.90. The van der Waals surface area contributed by atoms with Crippen LogP contribution < -0.4 is 0 Å². The first kappa shape index (κ1) is 48.7. The van der Waals surface area contributed by atoms with Crippen LogP contribution in [0.25, 0.3) is 132 Å². The van der Waals surface area contributed by atoms with Crippen molar-refractivity contribution in [1.29, 1.82) is 0 Å². The van der Waals surface area contributed by atoms with Crippen LogP contribution in [0.3, 0.4) is 0 Å². The predicted octanol–water partition coefficient (Wildman–Crippen LogP) is 21.0. The van der Waals surface area contributed by atoms with E-state index in [1.807, 2.05) is 34.0 Å². The van der Waals surface area contributed by atoms with E-state index in [-0.39, 0.29) is 0 Å². The van der Waals surface area contributed by atoms with Gasteiger partial charge in [0.2, 0.25) is 0 Å². The quantitative estimate of drug-likeness (QED) is 0.122. The van der Waals surface area contributed by atoms with E-state index in [1.165, 1.54) is 46.0 Å². The Hall–Kier alpha value is -8.91. The van der Waals surface area contributed by atoms with Crippen LogP contribution in [0.15, 0.2) is 255 Å². The fourth-order valence-electron chi connectivity index (χ4n) is 10.1. The van der Waals surface area contributed by atoms with Crippen molar-refractivity contribution in [3.63, 3.8) is 0 Å². The Kier molecular flexibility index (Phi) is 13.3. The molecule has 78 heavy (non-hydrogen) atoms. The molecule has 0 unspecified atom stereocenters. The molecule has 0 aliphatic rings. The van der Waals surface area contributed by atoms with Gasteiger partial charge in [0.25, 0.3) is 0 Å². The molecule has 3 nitrogen and oxygen atoms in total. The molecule has 0 N–H and O–H groups in total. The van der Waals surface area contributed by atoms with Crippen LogP contribution in [-0.4, -0.2) is 15.0 Å². The van der Waals surface area contributed by atoms with Gasteiger partial charge in [0.1, 0.15) is 0 Å². The molecule has 0 aliphatic heterocycles. The fraction of sp³-hybridized carbons (Fsp3) is 0.0417. The molecule has 0 radical (unpaired) electrons. The Labute approximate surface area is 468 Å². The Morgan fingerprint density at radius 2 is 0.397 bits per heavy atom. The third kappa shape index (κ3) is 10.4. The zero-order chi connectivity index (χ0) is 52.5. The third-order valence-corrected chi connectivity index (χ3v) is 17.4. The summed E-state index contributed by atoms with van der Waals surface area (Å²) < 4.78 is 0. The van der Waals surface area contributed by atoms with Gasteiger partial charge in [-0.15, -0.1) is 34.0 Å². The second kappa shape index (κ2) is 21.3. The van der Waals surface area contributed by atoms with E-state index in [0.29, 0.717) is 0 Å². The Morgan fingerprint density at radius 1 is 0.192 bits per heavy atom. The summed E-state index contributed by atoms with van der Waals surface area (Å²) in [5.41, 5.74) is 21.8. The van der Waals surface area contributed by atoms with Gasteiger partial charge in [0, 0.05) is 62.6 Å². The van der Waals surface area contributed by atoms with Gasteiger partial charge in [-0.2, -0.15) is 0 Å². The molecular formula is C72H51N3S3. The summed E-state index contributed by atoms with van der Waals surface area (Å²) in [6.45, 7) is 6.48. The number of hydrogen-bond acceptors (Lipinski definition) is 6. The van der Waals surface area contributed by atoms with Gasteiger partial charge < -0.3 is 0 Å². The molecular weight excluding hydrogens is 1000 g/mol. The minimum Gasteiger partial charge on any atom is -0.248 e. The van der Waals surface area contributed by atoms with Crippen molar-refractivity contribution in [2.45, 2.75) is 20.8 Å². The van der Waals surface area contributed by atoms with Gasteiger partial charge in [-0.1, -0.05) is 164 Å². The second-order valence-electron chi connectivity index (χ2n) is 19.7. The lowest BCUT2D eigenvalue weighted by molar-refractivity contribution is 1.32. The Bertz CT molecular complexity index is 3800. The van der Waals surface area contributed by atoms with Gasteiger partial charge in [0.05, 0.1) is 34.2 Å². The highest BCUT2D eigenvalue weighted by Crippen LogP contribution is 2.41. The highest BCUT2D eigenvalue weighted by Gasteiger charge is 2.18. The second-order valence-corrected chi connectivity index (χ2v) is 23.6. The fourth-order valence-corrected chi connectivity index (χ4v) is 12.7. The maximum atomic E-state index is 5.39. The minimum absolute atomic E-state index is 0.907. The average Bonchev–Trinajstić information content (AvgIpc) is 4.29. The van der Waals surface area contributed by atoms with Crippen molar-refractivity contribution in [1.82, 2.24) is 15.0 Å². The number of hydrogen-bond donors (Lipinski definition) is 0. The largest absolute Gasteiger partial charge is 0.248 e. The predicted molar refractivity (Wildman–Crippen MR) is 333 cm³/mol. The van der Waals surface area contributed by atoms with Crippen LogP contribution in [0, 0.1) is 20.8 Å². The van der Waals surface area contributed by atoms with Crippen molar-refractivity contribution in [3.8, 4) is 132 Å². The van der Waals surface area contributed by atoms with Crippen LogP contribution >= 0.6 is 34.0 Å². The number of benzene rings is 7. The zero-order valence-corrected chi connectivity index (χ0v) is 45.8. The average molecular weight is 1050 g/mol. The van der Waals surface area contributed by atoms with Crippen LogP contribution in [0.2, 0.25) is 0 Å². The SMILES string of the molecule is Cc1ccc(-c2ccc(-c3cc(-c4cc(-c5cc(-c6ccccc6)nc(-c6ccc(-c7ccc(C)s7)cc6)c5)cc(-c5cc(-c6ccccc6)nc(-c6ccc(-c7ccc(C)s7)cc6)c5)c4)cc(-c4ccccc4)n3)cc2)s1. The standard InChI is InChI=1S/C72H51N3S3/c1-46-19-34-70(76-46)55-28-22-52(23-29-55)67-43-61(40-64(73-67)49-13-7-4-8-14-49)58-37-59(62-41-65(50-15-9-5-10-16-50)74-68(44-62)53-24-30-56(31-25-53)71-35-20-47(2)77-71)39-60(38-58)63-42-66(51-17-11-6-12-18-51)75-69(45-63)54-26-32-57(33-27-54)72-36-21-48(3)78-72/h4-45H,1-3H3. The molecule has 0 saturated carbocycles. The summed E-state index contributed by atoms with van der Waals surface area (Å²) in [5.74, 6) is 0. The van der Waals surface area contributed by atoms with E-state index < -0.39 is 0 Å². The van der Waals surface area contributed by atoms with Gasteiger partial charge >= 0.3 is 0 Å². The maximum absolute atomic E-state index is 5.39. The monoisotopic (exact) mass is 1050 g/mol. The first-order valence-corrected chi connectivity index (χ1v) is 28.6. The zero-order valence-electron chi connectivity index (χ0n) is 43.3. The molecule has 6 heteroatoms. The normalized spacial score (nSPS) is 11.3. The smallest absolute Gasteiger partial charge is 0.0715 e. The van der Waals surface area contributed by atoms with Crippen molar-refractivity contribution in [2.24, 2.45) is 0 Å². The Balaban J connectivity index is 1.02. The van der Waals surface area contributed by atoms with Crippen molar-refractivity contribution in [2.75, 3.05) is 0 Å². The van der Waals surface area contributed by atoms with Crippen molar-refractivity contribution >= 4 is 34.0 Å². The third-order valence-electron chi connectivity index (χ3n) is 14.2. The lowest BCUT2D eigenvalue weighted by Gasteiger charge is -2.16. The van der Waals surface area contributed by atoms with Crippen LogP contribution in [0.5, 0.6) is 0 Å². The molecule has 0 saturated heterocycles. The van der Waals surface area contributed by atoms with E-state index in [2.05, 4.69) is 276 Å². The molecule has 13 aromatic rings. The maximum Gasteiger partial charge on any atom is 0.0715 e. The van der Waals surface area contributed by atoms with Crippen molar-refractivity contribution in [3.05, 3.63) is 269 Å². The van der Waals surface area contributed by atoms with Gasteiger partial charge in [-0.3, -0.25) is 0 Å². The molecule has 6 heterocycles. The van der Waals surface area contributed by atoms with E-state index in [0.717, 1.165) is 101 Å². The molecule has 0 amide bonds. The number of thiophene rings is 3. The molecule has 7 aromatic carbocycles. The summed E-state index contributed by atoms with van der Waals surface area (Å²) in [7, 11) is 0. The number of aryl methyl sites for hydroxylation is 3. The van der Waals surface area contributed by atoms with E-state index in [1.54, 1.807) is 0 Å². The van der Waals surface area contributed by atoms with Gasteiger partial charge in [0.15, 0.2) is 0 Å². The summed E-state index contributed by atoms with van der Waals surface area (Å²) in [6, 6.07) is 91.9. The van der Waals surface area contributed by atoms with Crippen LogP contribution in [0.1, 0.15) is 14.6 Å². The molecule has 0 spiro atoms. The highest BCUT2D eigenvalue weighted by atomic mass is 32.1. The summed E-state index contributed by atoms with van der Waals surface area (Å²) in [6.07, 6.45) is 0. The van der Waals surface area contributed by atoms with E-state index >= 15 is 0 Å². The topological polar surface area (TPSA) is 38.7 Å². The highest BCUT2D eigenvalue weighted by molar-refractivity contribution is 7.16. The number of pyridine rings is 3. The summed E-state index contributed by atoms with van der Waals surface area (Å²) in [4.78, 5) is 23.8. The molecule has 0 bridgehead atoms. The lowest BCUT2D eigenvalue weighted by Crippen LogP contribution is -1.95. The number of nitrogens with zero attached hydrogens (tertiary/aromatic N) is 3.